The van der Waals surface area contributed by atoms with E-state index in [2.05, 4.69) is 31.5 Å². The minimum atomic E-state index is -0.136. The molecule has 2 heterocycles. The van der Waals surface area contributed by atoms with Gasteiger partial charge in [-0.25, -0.2) is 4.68 Å². The van der Waals surface area contributed by atoms with Crippen molar-refractivity contribution < 1.29 is 4.52 Å². The van der Waals surface area contributed by atoms with Gasteiger partial charge in [0.25, 0.3) is 5.56 Å². The Labute approximate surface area is 118 Å². The second-order valence-electron chi connectivity index (χ2n) is 4.18. The summed E-state index contributed by atoms with van der Waals surface area (Å²) in [6.45, 7) is 4.93. The third-order valence-electron chi connectivity index (χ3n) is 2.56. The number of aryl methyl sites for hydroxylation is 2. The summed E-state index contributed by atoms with van der Waals surface area (Å²) in [5.74, 6) is 0.757. The second-order valence-corrected chi connectivity index (χ2v) is 4.98. The van der Waals surface area contributed by atoms with Gasteiger partial charge in [0.15, 0.2) is 0 Å². The van der Waals surface area contributed by atoms with Crippen LogP contribution in [0.25, 0.3) is 0 Å². The van der Waals surface area contributed by atoms with Crippen molar-refractivity contribution in [3.05, 3.63) is 38.5 Å². The van der Waals surface area contributed by atoms with Crippen LogP contribution in [0.1, 0.15) is 24.8 Å². The van der Waals surface area contributed by atoms with Crippen molar-refractivity contribution in [2.75, 3.05) is 5.32 Å². The lowest BCUT2D eigenvalue weighted by atomic mass is 10.3. The van der Waals surface area contributed by atoms with Crippen molar-refractivity contribution in [3.8, 4) is 0 Å². The lowest BCUT2D eigenvalue weighted by molar-refractivity contribution is 0.391. The van der Waals surface area contributed by atoms with Crippen LogP contribution in [0, 0.1) is 6.92 Å². The maximum atomic E-state index is 12.0. The summed E-state index contributed by atoms with van der Waals surface area (Å²) in [5.41, 5.74) is 1.29. The number of nitrogens with zero attached hydrogens (tertiary/aromatic N) is 3. The molecule has 0 aliphatic carbocycles. The van der Waals surface area contributed by atoms with Gasteiger partial charge in [0.2, 0.25) is 0 Å². The van der Waals surface area contributed by atoms with Crippen LogP contribution in [0.15, 0.2) is 26.1 Å². The van der Waals surface area contributed by atoms with Gasteiger partial charge in [-0.2, -0.15) is 5.10 Å². The van der Waals surface area contributed by atoms with Gasteiger partial charge in [-0.1, -0.05) is 12.1 Å². The molecule has 2 aromatic rings. The van der Waals surface area contributed by atoms with Gasteiger partial charge < -0.3 is 9.84 Å². The lowest BCUT2D eigenvalue weighted by Gasteiger charge is -2.08. The maximum absolute atomic E-state index is 12.0. The van der Waals surface area contributed by atoms with Crippen molar-refractivity contribution >= 4 is 21.6 Å². The van der Waals surface area contributed by atoms with Crippen molar-refractivity contribution in [2.45, 2.75) is 33.4 Å². The monoisotopic (exact) mass is 326 g/mol. The number of halogens is 1. The fourth-order valence-electron chi connectivity index (χ4n) is 1.65. The summed E-state index contributed by atoms with van der Waals surface area (Å²) in [7, 11) is 0. The first-order valence-electron chi connectivity index (χ1n) is 6.03. The molecule has 0 spiro atoms. The Morgan fingerprint density at radius 1 is 1.53 bits per heavy atom. The van der Waals surface area contributed by atoms with E-state index in [9.17, 15) is 4.79 Å². The molecule has 1 N–H and O–H groups in total. The highest BCUT2D eigenvalue weighted by Gasteiger charge is 2.09. The molecule has 0 saturated carbocycles. The Hall–Kier alpha value is -1.63. The van der Waals surface area contributed by atoms with Crippen LogP contribution in [-0.4, -0.2) is 14.9 Å². The van der Waals surface area contributed by atoms with Gasteiger partial charge in [-0.3, -0.25) is 4.79 Å². The standard InChI is InChI=1S/C12H15BrN4O2/c1-3-4-17-12(18)11(13)10(7-15-17)14-6-9-5-8(2)19-16-9/h5,7,14H,3-4,6H2,1-2H3. The molecule has 0 fully saturated rings. The van der Waals surface area contributed by atoms with Gasteiger partial charge in [0.05, 0.1) is 18.4 Å². The summed E-state index contributed by atoms with van der Waals surface area (Å²) in [5, 5.41) is 11.1. The number of anilines is 1. The van der Waals surface area contributed by atoms with Gasteiger partial charge in [0, 0.05) is 12.6 Å². The number of hydrogen-bond donors (Lipinski definition) is 1. The van der Waals surface area contributed by atoms with E-state index in [-0.39, 0.29) is 5.56 Å². The van der Waals surface area contributed by atoms with E-state index >= 15 is 0 Å². The molecule has 0 aromatic carbocycles. The van der Waals surface area contributed by atoms with Crippen molar-refractivity contribution in [1.29, 1.82) is 0 Å². The molecule has 102 valence electrons. The molecular weight excluding hydrogens is 312 g/mol. The summed E-state index contributed by atoms with van der Waals surface area (Å²) in [6, 6.07) is 1.84. The average Bonchev–Trinajstić information content (AvgIpc) is 2.80. The zero-order chi connectivity index (χ0) is 13.8. The maximum Gasteiger partial charge on any atom is 0.283 e. The molecule has 0 amide bonds. The zero-order valence-corrected chi connectivity index (χ0v) is 12.4. The largest absolute Gasteiger partial charge is 0.377 e. The van der Waals surface area contributed by atoms with Gasteiger partial charge in [-0.15, -0.1) is 0 Å². The van der Waals surface area contributed by atoms with Crippen LogP contribution < -0.4 is 10.9 Å². The first-order chi connectivity index (χ1) is 9.11. The predicted octanol–water partition coefficient (Wildman–Crippen LogP) is 2.32. The molecule has 7 heteroatoms. The Morgan fingerprint density at radius 2 is 2.32 bits per heavy atom. The fourth-order valence-corrected chi connectivity index (χ4v) is 2.09. The molecule has 2 aromatic heterocycles. The fraction of sp³-hybridized carbons (Fsp3) is 0.417. The topological polar surface area (TPSA) is 73.0 Å². The molecule has 0 saturated heterocycles. The Kier molecular flexibility index (Phi) is 4.36. The van der Waals surface area contributed by atoms with E-state index in [1.54, 1.807) is 6.20 Å². The summed E-state index contributed by atoms with van der Waals surface area (Å²) in [4.78, 5) is 12.0. The van der Waals surface area contributed by atoms with E-state index in [1.165, 1.54) is 4.68 Å². The molecule has 19 heavy (non-hydrogen) atoms. The molecule has 6 nitrogen and oxygen atoms in total. The third-order valence-corrected chi connectivity index (χ3v) is 3.32. The number of nitrogens with one attached hydrogen (secondary N) is 1. The highest BCUT2D eigenvalue weighted by Crippen LogP contribution is 2.17. The van der Waals surface area contributed by atoms with E-state index < -0.39 is 0 Å². The summed E-state index contributed by atoms with van der Waals surface area (Å²) in [6.07, 6.45) is 2.50. The predicted molar refractivity (Wildman–Crippen MR) is 75.1 cm³/mol. The van der Waals surface area contributed by atoms with Crippen molar-refractivity contribution in [2.24, 2.45) is 0 Å². The van der Waals surface area contributed by atoms with E-state index in [0.717, 1.165) is 17.9 Å². The van der Waals surface area contributed by atoms with Crippen LogP contribution in [-0.2, 0) is 13.1 Å². The van der Waals surface area contributed by atoms with Crippen LogP contribution in [0.4, 0.5) is 5.69 Å². The average molecular weight is 327 g/mol. The molecule has 0 radical (unpaired) electrons. The van der Waals surface area contributed by atoms with Gasteiger partial charge >= 0.3 is 0 Å². The molecule has 0 aliphatic heterocycles. The molecule has 0 bridgehead atoms. The van der Waals surface area contributed by atoms with E-state index in [0.29, 0.717) is 23.2 Å². The lowest BCUT2D eigenvalue weighted by Crippen LogP contribution is -2.24. The highest BCUT2D eigenvalue weighted by molar-refractivity contribution is 9.10. The quantitative estimate of drug-likeness (QED) is 0.912. The van der Waals surface area contributed by atoms with Crippen LogP contribution in [0.2, 0.25) is 0 Å². The Balaban J connectivity index is 2.13. The smallest absolute Gasteiger partial charge is 0.283 e. The third kappa shape index (κ3) is 3.23. The Bertz CT molecular complexity index is 620. The van der Waals surface area contributed by atoms with Crippen molar-refractivity contribution in [3.63, 3.8) is 0 Å². The van der Waals surface area contributed by atoms with Crippen LogP contribution >= 0.6 is 15.9 Å². The van der Waals surface area contributed by atoms with E-state index in [1.807, 2.05) is 19.9 Å². The summed E-state index contributed by atoms with van der Waals surface area (Å²) < 4.78 is 6.90. The molecular formula is C12H15BrN4O2. The summed E-state index contributed by atoms with van der Waals surface area (Å²) >= 11 is 3.30. The van der Waals surface area contributed by atoms with Crippen LogP contribution in [0.5, 0.6) is 0 Å². The first-order valence-corrected chi connectivity index (χ1v) is 6.82. The minimum Gasteiger partial charge on any atom is -0.377 e. The number of hydrogen-bond acceptors (Lipinski definition) is 5. The zero-order valence-electron chi connectivity index (χ0n) is 10.8. The molecule has 2 rings (SSSR count). The minimum absolute atomic E-state index is 0.136. The molecule has 0 aliphatic rings. The molecule has 0 atom stereocenters. The first kappa shape index (κ1) is 13.8. The van der Waals surface area contributed by atoms with Gasteiger partial charge in [-0.05, 0) is 29.3 Å². The SMILES string of the molecule is CCCn1ncc(NCc2cc(C)on2)c(Br)c1=O. The highest BCUT2D eigenvalue weighted by atomic mass is 79.9. The van der Waals surface area contributed by atoms with Crippen molar-refractivity contribution in [1.82, 2.24) is 14.9 Å². The normalized spacial score (nSPS) is 10.7. The molecule has 0 unspecified atom stereocenters. The van der Waals surface area contributed by atoms with Crippen LogP contribution in [0.3, 0.4) is 0 Å². The number of rotatable bonds is 5. The van der Waals surface area contributed by atoms with E-state index in [4.69, 9.17) is 4.52 Å². The second kappa shape index (κ2) is 6.01. The Morgan fingerprint density at radius 3 is 2.95 bits per heavy atom. The number of aromatic nitrogens is 3. The van der Waals surface area contributed by atoms with Gasteiger partial charge in [0.1, 0.15) is 15.9 Å².